The van der Waals surface area contributed by atoms with Crippen LogP contribution in [0.1, 0.15) is 11.1 Å². The minimum atomic E-state index is -4.66. The fourth-order valence-corrected chi connectivity index (χ4v) is 8.54. The van der Waals surface area contributed by atoms with Crippen molar-refractivity contribution in [2.24, 2.45) is 0 Å². The van der Waals surface area contributed by atoms with E-state index in [1.807, 2.05) is 124 Å². The third kappa shape index (κ3) is 5.77. The van der Waals surface area contributed by atoms with E-state index in [1.165, 1.54) is 12.1 Å². The van der Waals surface area contributed by atoms with Crippen LogP contribution in [0, 0.1) is 24.5 Å². The van der Waals surface area contributed by atoms with Crippen LogP contribution in [0.4, 0.5) is 24.5 Å². The normalized spacial score (nSPS) is 11.5. The van der Waals surface area contributed by atoms with Crippen LogP contribution in [-0.2, 0) is 6.18 Å². The fourth-order valence-electron chi connectivity index (χ4n) is 8.54. The van der Waals surface area contributed by atoms with Crippen LogP contribution in [0.5, 0.6) is 0 Å². The Morgan fingerprint density at radius 1 is 0.483 bits per heavy atom. The molecule has 2 aromatic heterocycles. The van der Waals surface area contributed by atoms with E-state index < -0.39 is 11.7 Å². The lowest BCUT2D eigenvalue weighted by Gasteiger charge is -2.21. The highest BCUT2D eigenvalue weighted by molar-refractivity contribution is 6.13. The van der Waals surface area contributed by atoms with Crippen molar-refractivity contribution >= 4 is 55.0 Å². The lowest BCUT2D eigenvalue weighted by atomic mass is 9.96. The number of fused-ring (bicyclic) bond motifs is 6. The molecule has 10 aromatic rings. The van der Waals surface area contributed by atoms with Crippen LogP contribution < -0.4 is 0 Å². The molecule has 60 heavy (non-hydrogen) atoms. The maximum absolute atomic E-state index is 14.8. The van der Waals surface area contributed by atoms with E-state index in [4.69, 9.17) is 13.1 Å². The number of hydrogen-bond donors (Lipinski definition) is 0. The predicted octanol–water partition coefficient (Wildman–Crippen LogP) is 14.9. The number of aromatic nitrogens is 2. The Bertz CT molecular complexity index is 3530. The zero-order chi connectivity index (χ0) is 41.1. The second kappa shape index (κ2) is 13.9. The molecule has 0 amide bonds. The van der Waals surface area contributed by atoms with Crippen molar-refractivity contribution in [3.05, 3.63) is 204 Å². The first kappa shape index (κ1) is 36.0. The number of rotatable bonds is 5. The molecule has 0 fully saturated rings. The van der Waals surface area contributed by atoms with Crippen LogP contribution in [0.15, 0.2) is 170 Å². The minimum Gasteiger partial charge on any atom is -0.310 e. The van der Waals surface area contributed by atoms with E-state index in [0.29, 0.717) is 28.2 Å². The molecule has 0 bridgehead atoms. The molecular weight excluding hydrogens is 752 g/mol. The van der Waals surface area contributed by atoms with Crippen molar-refractivity contribution in [3.8, 4) is 50.8 Å². The quantitative estimate of drug-likeness (QED) is 0.160. The van der Waals surface area contributed by atoms with Crippen molar-refractivity contribution < 1.29 is 13.2 Å². The molecule has 8 aromatic carbocycles. The number of halogens is 3. The molecule has 0 aliphatic rings. The van der Waals surface area contributed by atoms with E-state index in [2.05, 4.69) is 27.9 Å². The lowest BCUT2D eigenvalue weighted by molar-refractivity contribution is -0.137. The Morgan fingerprint density at radius 3 is 1.67 bits per heavy atom. The number of nitrogens with zero attached hydrogens (tertiary/aromatic N) is 5. The average molecular weight is 780 g/mol. The summed E-state index contributed by atoms with van der Waals surface area (Å²) in [5.74, 6) is 0. The van der Waals surface area contributed by atoms with Gasteiger partial charge < -0.3 is 9.13 Å². The van der Waals surface area contributed by atoms with Crippen LogP contribution >= 0.6 is 0 Å². The Kier molecular flexibility index (Phi) is 8.35. The van der Waals surface area contributed by atoms with Crippen LogP contribution in [0.2, 0.25) is 0 Å². The second-order valence-corrected chi connectivity index (χ2v) is 14.5. The molecule has 0 spiro atoms. The topological polar surface area (TPSA) is 42.4 Å². The molecule has 0 radical (unpaired) electrons. The first-order chi connectivity index (χ1) is 29.2. The molecule has 282 valence electrons. The second-order valence-electron chi connectivity index (χ2n) is 14.5. The largest absolute Gasteiger partial charge is 0.416 e. The van der Waals surface area contributed by atoms with Crippen LogP contribution in [0.3, 0.4) is 0 Å². The van der Waals surface area contributed by atoms with Crippen molar-refractivity contribution in [2.75, 3.05) is 0 Å². The summed E-state index contributed by atoms with van der Waals surface area (Å²) < 4.78 is 48.5. The molecule has 0 N–H and O–H groups in total. The molecular formula is C52H28F3N5. The molecule has 0 unspecified atom stereocenters. The molecule has 0 saturated carbocycles. The standard InChI is InChI=1S/C52H28F3N5/c1-57-38-13-8-12-34(27-38)36-21-24-48-42(29-36)40-15-4-6-18-46(40)60(48)50-19-9-16-44(58-2)51(50)43-30-37(52(53,54)55)22-25-49(43)59-45-17-5-3-14-39(45)41-28-35(20-23-47(41)59)33-11-7-10-32(26-33)31-56/h3-30H. The van der Waals surface area contributed by atoms with Gasteiger partial charge in [-0.1, -0.05) is 91.0 Å². The van der Waals surface area contributed by atoms with E-state index in [-0.39, 0.29) is 11.3 Å². The molecule has 0 atom stereocenters. The molecule has 0 saturated heterocycles. The summed E-state index contributed by atoms with van der Waals surface area (Å²) in [7, 11) is 0. The average Bonchev–Trinajstić information content (AvgIpc) is 3.80. The highest BCUT2D eigenvalue weighted by Gasteiger charge is 2.33. The van der Waals surface area contributed by atoms with Gasteiger partial charge in [0.15, 0.2) is 11.4 Å². The molecule has 8 heteroatoms. The van der Waals surface area contributed by atoms with Gasteiger partial charge in [0.2, 0.25) is 0 Å². The molecule has 0 aliphatic carbocycles. The summed E-state index contributed by atoms with van der Waals surface area (Å²) in [5, 5.41) is 13.2. The third-order valence-corrected chi connectivity index (χ3v) is 11.2. The van der Waals surface area contributed by atoms with Crippen molar-refractivity contribution in [3.63, 3.8) is 0 Å². The maximum atomic E-state index is 14.8. The Hall–Kier alpha value is -8.38. The number of alkyl halides is 3. The summed E-state index contributed by atoms with van der Waals surface area (Å²) in [6.07, 6.45) is -4.66. The van der Waals surface area contributed by atoms with E-state index >= 15 is 0 Å². The highest BCUT2D eigenvalue weighted by Crippen LogP contribution is 2.47. The fraction of sp³-hybridized carbons (Fsp3) is 0.0192. The van der Waals surface area contributed by atoms with E-state index in [0.717, 1.165) is 71.9 Å². The highest BCUT2D eigenvalue weighted by atomic mass is 19.4. The van der Waals surface area contributed by atoms with Gasteiger partial charge in [-0.2, -0.15) is 18.4 Å². The van der Waals surface area contributed by atoms with Crippen molar-refractivity contribution in [1.82, 2.24) is 9.13 Å². The maximum Gasteiger partial charge on any atom is 0.416 e. The SMILES string of the molecule is [C-]#[N+]c1cccc(-c2ccc3c(c2)c2ccccc2n3-c2cccc([N+]#[C-])c2-c2cc(C(F)(F)F)ccc2-n2c3ccccc3c3cc(-c4cccc(C#N)c4)ccc32)c1. The Balaban J connectivity index is 1.27. The summed E-state index contributed by atoms with van der Waals surface area (Å²) >= 11 is 0. The Labute approximate surface area is 342 Å². The van der Waals surface area contributed by atoms with E-state index in [1.54, 1.807) is 24.3 Å². The first-order valence-corrected chi connectivity index (χ1v) is 19.0. The van der Waals surface area contributed by atoms with Gasteiger partial charge in [0.25, 0.3) is 0 Å². The van der Waals surface area contributed by atoms with Gasteiger partial charge in [-0.05, 0) is 107 Å². The van der Waals surface area contributed by atoms with Crippen molar-refractivity contribution in [2.45, 2.75) is 6.18 Å². The van der Waals surface area contributed by atoms with Gasteiger partial charge in [0, 0.05) is 32.8 Å². The number of para-hydroxylation sites is 2. The van der Waals surface area contributed by atoms with Crippen LogP contribution in [-0.4, -0.2) is 9.13 Å². The predicted molar refractivity (Wildman–Crippen MR) is 234 cm³/mol. The first-order valence-electron chi connectivity index (χ1n) is 19.0. The van der Waals surface area contributed by atoms with Gasteiger partial charge in [-0.3, -0.25) is 0 Å². The van der Waals surface area contributed by atoms with Gasteiger partial charge in [0.05, 0.1) is 58.1 Å². The smallest absolute Gasteiger partial charge is 0.310 e. The lowest BCUT2D eigenvalue weighted by Crippen LogP contribution is -2.08. The summed E-state index contributed by atoms with van der Waals surface area (Å²) in [4.78, 5) is 7.55. The molecule has 10 rings (SSSR count). The zero-order valence-corrected chi connectivity index (χ0v) is 31.5. The summed E-state index contributed by atoms with van der Waals surface area (Å²) in [5.41, 5.74) is 8.83. The van der Waals surface area contributed by atoms with Gasteiger partial charge in [-0.25, -0.2) is 9.69 Å². The number of nitriles is 1. The molecule has 0 aliphatic heterocycles. The zero-order valence-electron chi connectivity index (χ0n) is 31.5. The summed E-state index contributed by atoms with van der Waals surface area (Å²) in [6.45, 7) is 15.9. The van der Waals surface area contributed by atoms with Gasteiger partial charge >= 0.3 is 6.18 Å². The third-order valence-electron chi connectivity index (χ3n) is 11.2. The van der Waals surface area contributed by atoms with Gasteiger partial charge in [-0.15, -0.1) is 0 Å². The van der Waals surface area contributed by atoms with Crippen LogP contribution in [0.25, 0.3) is 98.1 Å². The minimum absolute atomic E-state index is 0.201. The Morgan fingerprint density at radius 2 is 1.05 bits per heavy atom. The monoisotopic (exact) mass is 779 g/mol. The van der Waals surface area contributed by atoms with Gasteiger partial charge in [0.1, 0.15) is 0 Å². The molecule has 5 nitrogen and oxygen atoms in total. The number of benzene rings is 8. The van der Waals surface area contributed by atoms with E-state index in [9.17, 15) is 18.4 Å². The number of hydrogen-bond acceptors (Lipinski definition) is 1. The summed E-state index contributed by atoms with van der Waals surface area (Å²) in [6, 6.07) is 53.8. The molecule has 2 heterocycles. The van der Waals surface area contributed by atoms with Crippen molar-refractivity contribution in [1.29, 1.82) is 5.26 Å².